The third kappa shape index (κ3) is 5.30. The fourth-order valence-electron chi connectivity index (χ4n) is 4.57. The average molecular weight is 417 g/mol. The van der Waals surface area contributed by atoms with Gasteiger partial charge in [-0.2, -0.15) is 0 Å². The fraction of sp³-hybridized carbons (Fsp3) is 0.636. The van der Waals surface area contributed by atoms with Gasteiger partial charge in [-0.1, -0.05) is 6.07 Å². The monoisotopic (exact) mass is 416 g/mol. The van der Waals surface area contributed by atoms with E-state index in [4.69, 9.17) is 9.47 Å². The quantitative estimate of drug-likeness (QED) is 0.739. The predicted octanol–water partition coefficient (Wildman–Crippen LogP) is 1.78. The van der Waals surface area contributed by atoms with Crippen molar-refractivity contribution in [2.24, 2.45) is 5.92 Å². The molecule has 3 heterocycles. The van der Waals surface area contributed by atoms with Gasteiger partial charge in [0.15, 0.2) is 0 Å². The Hall–Kier alpha value is -2.16. The van der Waals surface area contributed by atoms with E-state index in [9.17, 15) is 9.59 Å². The summed E-state index contributed by atoms with van der Waals surface area (Å²) in [6, 6.07) is 7.19. The Morgan fingerprint density at radius 2 is 1.87 bits per heavy atom. The second kappa shape index (κ2) is 10.2. The molecule has 3 fully saturated rings. The highest BCUT2D eigenvalue weighted by Crippen LogP contribution is 2.24. The Morgan fingerprint density at radius 3 is 2.60 bits per heavy atom. The molecule has 164 valence electrons. The van der Waals surface area contributed by atoms with Gasteiger partial charge in [0.2, 0.25) is 0 Å². The van der Waals surface area contributed by atoms with Gasteiger partial charge >= 0.3 is 6.03 Å². The lowest BCUT2D eigenvalue weighted by atomic mass is 9.97. The lowest BCUT2D eigenvalue weighted by molar-refractivity contribution is 0.0303. The maximum Gasteiger partial charge on any atom is 0.319 e. The molecule has 3 saturated heterocycles. The first kappa shape index (κ1) is 21.1. The van der Waals surface area contributed by atoms with E-state index in [-0.39, 0.29) is 11.9 Å². The summed E-state index contributed by atoms with van der Waals surface area (Å²) in [5.41, 5.74) is 1.20. The van der Waals surface area contributed by atoms with Gasteiger partial charge in [-0.25, -0.2) is 4.79 Å². The summed E-state index contributed by atoms with van der Waals surface area (Å²) in [4.78, 5) is 29.5. The van der Waals surface area contributed by atoms with Crippen molar-refractivity contribution in [2.45, 2.75) is 25.3 Å². The number of carbonyl (C=O) groups is 2. The van der Waals surface area contributed by atoms with Crippen molar-refractivity contribution >= 4 is 17.6 Å². The molecule has 30 heavy (non-hydrogen) atoms. The molecule has 0 saturated carbocycles. The van der Waals surface area contributed by atoms with Gasteiger partial charge < -0.3 is 25.0 Å². The van der Waals surface area contributed by atoms with Crippen molar-refractivity contribution in [2.75, 3.05) is 64.5 Å². The molecule has 1 aromatic carbocycles. The lowest BCUT2D eigenvalue weighted by Crippen LogP contribution is -2.48. The van der Waals surface area contributed by atoms with Crippen molar-refractivity contribution in [1.29, 1.82) is 0 Å². The minimum Gasteiger partial charge on any atom is -0.381 e. The number of ether oxygens (including phenoxy) is 2. The van der Waals surface area contributed by atoms with E-state index in [1.807, 2.05) is 0 Å². The van der Waals surface area contributed by atoms with Crippen LogP contribution in [-0.2, 0) is 9.47 Å². The Labute approximate surface area is 177 Å². The number of urea groups is 1. The summed E-state index contributed by atoms with van der Waals surface area (Å²) in [5, 5.41) is 5.92. The number of amides is 3. The fourth-order valence-corrected chi connectivity index (χ4v) is 4.57. The van der Waals surface area contributed by atoms with Crippen LogP contribution in [0, 0.1) is 5.92 Å². The van der Waals surface area contributed by atoms with Crippen LogP contribution in [0.5, 0.6) is 0 Å². The maximum atomic E-state index is 12.7. The van der Waals surface area contributed by atoms with Crippen LogP contribution in [0.25, 0.3) is 0 Å². The summed E-state index contributed by atoms with van der Waals surface area (Å²) in [6.07, 6.45) is 3.50. The molecule has 3 aliphatic rings. The van der Waals surface area contributed by atoms with Crippen LogP contribution >= 0.6 is 0 Å². The molecule has 3 aliphatic heterocycles. The van der Waals surface area contributed by atoms with Gasteiger partial charge in [-0.05, 0) is 50.6 Å². The second-order valence-electron chi connectivity index (χ2n) is 8.25. The average Bonchev–Trinajstić information content (AvgIpc) is 3.49. The smallest absolute Gasteiger partial charge is 0.319 e. The zero-order valence-corrected chi connectivity index (χ0v) is 17.5. The van der Waals surface area contributed by atoms with Crippen LogP contribution in [0.15, 0.2) is 24.3 Å². The predicted molar refractivity (Wildman–Crippen MR) is 114 cm³/mol. The first-order chi connectivity index (χ1) is 14.7. The van der Waals surface area contributed by atoms with Gasteiger partial charge in [-0.3, -0.25) is 9.69 Å². The molecule has 1 aromatic rings. The zero-order valence-electron chi connectivity index (χ0n) is 17.5. The molecule has 0 spiro atoms. The lowest BCUT2D eigenvalue weighted by Gasteiger charge is -2.32. The van der Waals surface area contributed by atoms with Gasteiger partial charge in [0.1, 0.15) is 0 Å². The number of carbonyl (C=O) groups excluding carboxylic acids is 2. The van der Waals surface area contributed by atoms with Gasteiger partial charge in [0.25, 0.3) is 5.91 Å². The van der Waals surface area contributed by atoms with Crippen molar-refractivity contribution in [1.82, 2.24) is 15.1 Å². The molecule has 2 unspecified atom stereocenters. The Kier molecular flexibility index (Phi) is 7.20. The van der Waals surface area contributed by atoms with Crippen LogP contribution in [-0.4, -0.2) is 86.9 Å². The summed E-state index contributed by atoms with van der Waals surface area (Å²) in [5.74, 6) is 0.440. The Morgan fingerprint density at radius 1 is 1.07 bits per heavy atom. The van der Waals surface area contributed by atoms with Crippen molar-refractivity contribution in [3.05, 3.63) is 29.8 Å². The van der Waals surface area contributed by atoms with E-state index in [1.54, 1.807) is 29.2 Å². The highest BCUT2D eigenvalue weighted by molar-refractivity contribution is 5.97. The molecule has 4 rings (SSSR count). The molecule has 3 amide bonds. The first-order valence-corrected chi connectivity index (χ1v) is 11.0. The van der Waals surface area contributed by atoms with E-state index >= 15 is 0 Å². The van der Waals surface area contributed by atoms with E-state index < -0.39 is 0 Å². The number of morpholine rings is 1. The normalized spacial score (nSPS) is 23.3. The summed E-state index contributed by atoms with van der Waals surface area (Å²) in [7, 11) is 0. The van der Waals surface area contributed by atoms with Crippen LogP contribution in [0.2, 0.25) is 0 Å². The number of likely N-dealkylation sites (tertiary alicyclic amines) is 1. The molecule has 2 N–H and O–H groups in total. The minimum absolute atomic E-state index is 0.0299. The van der Waals surface area contributed by atoms with Gasteiger partial charge in [-0.15, -0.1) is 0 Å². The van der Waals surface area contributed by atoms with Crippen LogP contribution < -0.4 is 10.6 Å². The maximum absolute atomic E-state index is 12.7. The SMILES string of the molecule is O=C(NCC(C1CCOC1)N1CCCC1)Nc1cccc(C(=O)N2CCOCC2)c1. The molecule has 8 heteroatoms. The third-order valence-corrected chi connectivity index (χ3v) is 6.26. The summed E-state index contributed by atoms with van der Waals surface area (Å²) in [6.45, 7) is 6.70. The van der Waals surface area contributed by atoms with Gasteiger partial charge in [0, 0.05) is 49.5 Å². The van der Waals surface area contributed by atoms with Crippen LogP contribution in [0.1, 0.15) is 29.6 Å². The number of nitrogens with zero attached hydrogens (tertiary/aromatic N) is 2. The minimum atomic E-state index is -0.242. The molecule has 8 nitrogen and oxygen atoms in total. The van der Waals surface area contributed by atoms with Crippen molar-refractivity contribution in [3.8, 4) is 0 Å². The Bertz CT molecular complexity index is 710. The third-order valence-electron chi connectivity index (χ3n) is 6.26. The highest BCUT2D eigenvalue weighted by Gasteiger charge is 2.32. The molecule has 0 bridgehead atoms. The number of nitrogens with one attached hydrogen (secondary N) is 2. The molecule has 0 radical (unpaired) electrons. The van der Waals surface area contributed by atoms with Crippen LogP contribution in [0.4, 0.5) is 10.5 Å². The zero-order chi connectivity index (χ0) is 20.8. The summed E-state index contributed by atoms with van der Waals surface area (Å²) >= 11 is 0. The number of rotatable bonds is 6. The summed E-state index contributed by atoms with van der Waals surface area (Å²) < 4.78 is 10.9. The van der Waals surface area contributed by atoms with E-state index in [2.05, 4.69) is 15.5 Å². The Balaban J connectivity index is 1.32. The molecule has 0 aromatic heterocycles. The first-order valence-electron chi connectivity index (χ1n) is 11.0. The van der Waals surface area contributed by atoms with E-state index in [1.165, 1.54) is 12.8 Å². The molecule has 2 atom stereocenters. The second-order valence-corrected chi connectivity index (χ2v) is 8.25. The van der Waals surface area contributed by atoms with Crippen LogP contribution in [0.3, 0.4) is 0 Å². The number of anilines is 1. The largest absolute Gasteiger partial charge is 0.381 e. The van der Waals surface area contributed by atoms with E-state index in [0.29, 0.717) is 56.1 Å². The van der Waals surface area contributed by atoms with Crippen molar-refractivity contribution in [3.63, 3.8) is 0 Å². The number of hydrogen-bond acceptors (Lipinski definition) is 5. The topological polar surface area (TPSA) is 83.1 Å². The number of hydrogen-bond donors (Lipinski definition) is 2. The molecular weight excluding hydrogens is 384 g/mol. The standard InChI is InChI=1S/C22H32N4O4/c27-21(26-9-12-29-13-10-26)17-4-3-5-19(14-17)24-22(28)23-15-20(18-6-11-30-16-18)25-7-1-2-8-25/h3-5,14,18,20H,1-2,6-13,15-16H2,(H2,23,24,28). The van der Waals surface area contributed by atoms with Gasteiger partial charge in [0.05, 0.1) is 19.8 Å². The highest BCUT2D eigenvalue weighted by atomic mass is 16.5. The number of benzene rings is 1. The van der Waals surface area contributed by atoms with Crippen molar-refractivity contribution < 1.29 is 19.1 Å². The molecular formula is C22H32N4O4. The van der Waals surface area contributed by atoms with E-state index in [0.717, 1.165) is 32.7 Å². The molecule has 0 aliphatic carbocycles.